The minimum atomic E-state index is -0.136. The monoisotopic (exact) mass is 322 g/mol. The maximum Gasteiger partial charge on any atom is 0.214 e. The van der Waals surface area contributed by atoms with Crippen molar-refractivity contribution < 1.29 is 9.47 Å². The minimum Gasteiger partial charge on any atom is -0.378 e. The molecule has 0 amide bonds. The first-order chi connectivity index (χ1) is 10.5. The molecule has 4 heterocycles. The highest BCUT2D eigenvalue weighted by molar-refractivity contribution is 7.20. The van der Waals surface area contributed by atoms with E-state index in [9.17, 15) is 0 Å². The van der Waals surface area contributed by atoms with Gasteiger partial charge >= 0.3 is 0 Å². The minimum absolute atomic E-state index is 0.0534. The zero-order valence-corrected chi connectivity index (χ0v) is 14.2. The second kappa shape index (κ2) is 4.91. The number of fused-ring (bicyclic) bond motifs is 1. The quantitative estimate of drug-likeness (QED) is 0.804. The normalized spacial score (nSPS) is 26.4. The summed E-state index contributed by atoms with van der Waals surface area (Å²) in [6, 6.07) is 0. The Kier molecular flexibility index (Phi) is 3.22. The van der Waals surface area contributed by atoms with Crippen LogP contribution in [-0.2, 0) is 14.9 Å². The molecule has 4 rings (SSSR count). The molecule has 2 saturated heterocycles. The first-order valence-electron chi connectivity index (χ1n) is 7.79. The van der Waals surface area contributed by atoms with E-state index in [2.05, 4.69) is 25.7 Å². The van der Waals surface area contributed by atoms with Crippen molar-refractivity contribution in [2.45, 2.75) is 38.2 Å². The Hall–Kier alpha value is -1.18. The van der Waals surface area contributed by atoms with Crippen LogP contribution in [0.25, 0.3) is 4.96 Å². The fraction of sp³-hybridized carbons (Fsp3) is 0.733. The number of anilines is 1. The van der Waals surface area contributed by atoms with Gasteiger partial charge in [-0.3, -0.25) is 0 Å². The molecule has 0 saturated carbocycles. The smallest absolute Gasteiger partial charge is 0.214 e. The second-order valence-electron chi connectivity index (χ2n) is 7.24. The van der Waals surface area contributed by atoms with Gasteiger partial charge in [-0.1, -0.05) is 32.1 Å². The average Bonchev–Trinajstić information content (AvgIpc) is 3.12. The van der Waals surface area contributed by atoms with E-state index in [4.69, 9.17) is 19.6 Å². The highest BCUT2D eigenvalue weighted by Crippen LogP contribution is 2.33. The van der Waals surface area contributed by atoms with Gasteiger partial charge in [-0.05, 0) is 0 Å². The molecule has 120 valence electrons. The van der Waals surface area contributed by atoms with Crippen molar-refractivity contribution in [3.05, 3.63) is 11.9 Å². The number of aromatic nitrogens is 3. The Morgan fingerprint density at radius 1 is 1.32 bits per heavy atom. The van der Waals surface area contributed by atoms with Crippen LogP contribution in [0.5, 0.6) is 0 Å². The van der Waals surface area contributed by atoms with Gasteiger partial charge in [0.15, 0.2) is 0 Å². The number of rotatable bonds is 1. The Balaban J connectivity index is 1.59. The van der Waals surface area contributed by atoms with Crippen molar-refractivity contribution in [1.82, 2.24) is 14.6 Å². The summed E-state index contributed by atoms with van der Waals surface area (Å²) < 4.78 is 13.4. The summed E-state index contributed by atoms with van der Waals surface area (Å²) in [5.74, 6) is 0. The fourth-order valence-electron chi connectivity index (χ4n) is 3.01. The van der Waals surface area contributed by atoms with E-state index >= 15 is 0 Å². The Labute approximate surface area is 134 Å². The lowest BCUT2D eigenvalue weighted by Crippen LogP contribution is -2.52. The summed E-state index contributed by atoms with van der Waals surface area (Å²) in [4.78, 5) is 8.00. The van der Waals surface area contributed by atoms with Crippen LogP contribution < -0.4 is 4.90 Å². The number of hydrogen-bond acceptors (Lipinski definition) is 6. The highest BCUT2D eigenvalue weighted by atomic mass is 32.1. The van der Waals surface area contributed by atoms with Gasteiger partial charge in [0.1, 0.15) is 5.60 Å². The molecule has 2 aromatic heterocycles. The van der Waals surface area contributed by atoms with E-state index in [-0.39, 0.29) is 11.0 Å². The third kappa shape index (κ3) is 2.41. The van der Waals surface area contributed by atoms with Crippen LogP contribution in [0, 0.1) is 0 Å². The molecule has 0 bridgehead atoms. The third-order valence-electron chi connectivity index (χ3n) is 4.39. The SMILES string of the molecule is CC(C)(C)c1cn2nc(N3CCOC4(CCOC4)C3)sc2n1. The van der Waals surface area contributed by atoms with Crippen LogP contribution >= 0.6 is 11.3 Å². The molecule has 0 aromatic carbocycles. The van der Waals surface area contributed by atoms with Gasteiger partial charge in [0, 0.05) is 25.0 Å². The van der Waals surface area contributed by atoms with Crippen molar-refractivity contribution in [3.63, 3.8) is 0 Å². The standard InChI is InChI=1S/C15H22N4O2S/c1-14(2,3)11-8-19-12(16-11)22-13(17-19)18-5-7-21-15(9-18)4-6-20-10-15/h8H,4-7,9-10H2,1-3H3. The molecular weight excluding hydrogens is 300 g/mol. The molecule has 7 heteroatoms. The largest absolute Gasteiger partial charge is 0.378 e. The van der Waals surface area contributed by atoms with E-state index in [1.165, 1.54) is 0 Å². The van der Waals surface area contributed by atoms with Crippen LogP contribution in [0.15, 0.2) is 6.20 Å². The van der Waals surface area contributed by atoms with Crippen LogP contribution in [0.4, 0.5) is 5.13 Å². The van der Waals surface area contributed by atoms with E-state index in [0.717, 1.165) is 48.5 Å². The predicted octanol–water partition coefficient (Wildman–Crippen LogP) is 2.08. The molecule has 2 aliphatic heterocycles. The second-order valence-corrected chi connectivity index (χ2v) is 8.18. The molecule has 2 fully saturated rings. The number of imidazole rings is 1. The average molecular weight is 322 g/mol. The van der Waals surface area contributed by atoms with Gasteiger partial charge in [-0.2, -0.15) is 0 Å². The van der Waals surface area contributed by atoms with Crippen molar-refractivity contribution >= 4 is 21.4 Å². The molecule has 22 heavy (non-hydrogen) atoms. The zero-order valence-electron chi connectivity index (χ0n) is 13.3. The van der Waals surface area contributed by atoms with Crippen molar-refractivity contribution in [3.8, 4) is 0 Å². The zero-order chi connectivity index (χ0) is 15.4. The van der Waals surface area contributed by atoms with Gasteiger partial charge in [0.25, 0.3) is 0 Å². The Bertz CT molecular complexity index is 650. The lowest BCUT2D eigenvalue weighted by Gasteiger charge is -2.39. The van der Waals surface area contributed by atoms with Gasteiger partial charge in [-0.15, -0.1) is 5.10 Å². The maximum atomic E-state index is 5.99. The topological polar surface area (TPSA) is 51.9 Å². The number of hydrogen-bond donors (Lipinski definition) is 0. The first kappa shape index (κ1) is 14.4. The van der Waals surface area contributed by atoms with Crippen LogP contribution in [0.3, 0.4) is 0 Å². The van der Waals surface area contributed by atoms with Crippen molar-refractivity contribution in [2.75, 3.05) is 37.8 Å². The fourth-order valence-corrected chi connectivity index (χ4v) is 3.92. The van der Waals surface area contributed by atoms with Crippen LogP contribution in [-0.4, -0.2) is 53.1 Å². The lowest BCUT2D eigenvalue weighted by atomic mass is 9.93. The van der Waals surface area contributed by atoms with E-state index in [0.29, 0.717) is 6.61 Å². The van der Waals surface area contributed by atoms with E-state index in [1.807, 2.05) is 10.7 Å². The molecule has 0 aliphatic carbocycles. The Morgan fingerprint density at radius 2 is 2.18 bits per heavy atom. The molecule has 2 aliphatic rings. The molecule has 2 aromatic rings. The summed E-state index contributed by atoms with van der Waals surface area (Å²) in [6.07, 6.45) is 3.02. The number of nitrogens with zero attached hydrogens (tertiary/aromatic N) is 4. The lowest BCUT2D eigenvalue weighted by molar-refractivity contribution is -0.0579. The molecule has 0 N–H and O–H groups in total. The van der Waals surface area contributed by atoms with Crippen LogP contribution in [0.1, 0.15) is 32.9 Å². The van der Waals surface area contributed by atoms with Crippen LogP contribution in [0.2, 0.25) is 0 Å². The molecule has 1 unspecified atom stereocenters. The molecular formula is C15H22N4O2S. The van der Waals surface area contributed by atoms with Gasteiger partial charge < -0.3 is 14.4 Å². The summed E-state index contributed by atoms with van der Waals surface area (Å²) in [7, 11) is 0. The Morgan fingerprint density at radius 3 is 2.86 bits per heavy atom. The highest BCUT2D eigenvalue weighted by Gasteiger charge is 2.41. The summed E-state index contributed by atoms with van der Waals surface area (Å²) >= 11 is 1.65. The summed E-state index contributed by atoms with van der Waals surface area (Å²) in [6.45, 7) is 10.5. The maximum absolute atomic E-state index is 5.99. The molecule has 0 radical (unpaired) electrons. The van der Waals surface area contributed by atoms with E-state index < -0.39 is 0 Å². The number of ether oxygens (including phenoxy) is 2. The molecule has 1 atom stereocenters. The third-order valence-corrected chi connectivity index (χ3v) is 5.37. The summed E-state index contributed by atoms with van der Waals surface area (Å²) in [5.41, 5.74) is 1.00. The first-order valence-corrected chi connectivity index (χ1v) is 8.60. The van der Waals surface area contributed by atoms with Gasteiger partial charge in [0.05, 0.1) is 31.6 Å². The van der Waals surface area contributed by atoms with Gasteiger partial charge in [-0.25, -0.2) is 9.50 Å². The molecule has 1 spiro atoms. The number of morpholine rings is 1. The van der Waals surface area contributed by atoms with Crippen molar-refractivity contribution in [2.24, 2.45) is 0 Å². The van der Waals surface area contributed by atoms with Gasteiger partial charge in [0.2, 0.25) is 10.1 Å². The summed E-state index contributed by atoms with van der Waals surface area (Å²) in [5, 5.41) is 5.75. The predicted molar refractivity (Wildman–Crippen MR) is 85.9 cm³/mol. The van der Waals surface area contributed by atoms with E-state index in [1.54, 1.807) is 11.3 Å². The molecule has 6 nitrogen and oxygen atoms in total. The van der Waals surface area contributed by atoms with Crippen molar-refractivity contribution in [1.29, 1.82) is 0 Å².